The molecule has 5 nitrogen and oxygen atoms in total. The van der Waals surface area contributed by atoms with Crippen LogP contribution in [-0.2, 0) is 16.0 Å². The Morgan fingerprint density at radius 1 is 1.03 bits per heavy atom. The van der Waals surface area contributed by atoms with Crippen LogP contribution in [0.3, 0.4) is 0 Å². The Labute approximate surface area is 186 Å². The fraction of sp³-hybridized carbons (Fsp3) is 0.692. The molecule has 2 aliphatic carbocycles. The first kappa shape index (κ1) is 21.0. The standard InChI is InChI=1S/C26H36N2O3/c1-31-22-8-6-7-19-9-10-20-17-27(18-21(20)25(19)22)13-4-5-14-28-23(29)15-26(16-24(28)30)11-2-3-12-26/h6-8,20-21H,2-5,9-18H2,1H3/t20-,21+/m0/s1. The predicted octanol–water partition coefficient (Wildman–Crippen LogP) is 4.15. The number of benzene rings is 1. The lowest BCUT2D eigenvalue weighted by Gasteiger charge is -2.37. The van der Waals surface area contributed by atoms with Gasteiger partial charge in [0.2, 0.25) is 11.8 Å². The number of rotatable bonds is 6. The van der Waals surface area contributed by atoms with Crippen LogP contribution in [0.15, 0.2) is 18.2 Å². The number of aryl methyl sites for hydroxylation is 1. The van der Waals surface area contributed by atoms with E-state index in [0.29, 0.717) is 25.3 Å². The number of ether oxygens (including phenoxy) is 1. The van der Waals surface area contributed by atoms with Gasteiger partial charge in [0, 0.05) is 44.0 Å². The highest BCUT2D eigenvalue weighted by atomic mass is 16.5. The Hall–Kier alpha value is -1.88. The largest absolute Gasteiger partial charge is 0.496 e. The van der Waals surface area contributed by atoms with E-state index in [0.717, 1.165) is 63.4 Å². The minimum absolute atomic E-state index is 0.00780. The highest BCUT2D eigenvalue weighted by molar-refractivity contribution is 5.98. The number of carbonyl (C=O) groups excluding carboxylic acids is 2. The van der Waals surface area contributed by atoms with E-state index in [1.807, 2.05) is 0 Å². The van der Waals surface area contributed by atoms with E-state index in [4.69, 9.17) is 4.74 Å². The lowest BCUT2D eigenvalue weighted by Crippen LogP contribution is -2.47. The number of fused-ring (bicyclic) bond motifs is 3. The fourth-order valence-corrected chi connectivity index (χ4v) is 6.88. The zero-order valence-electron chi connectivity index (χ0n) is 18.9. The zero-order valence-corrected chi connectivity index (χ0v) is 18.9. The van der Waals surface area contributed by atoms with Gasteiger partial charge < -0.3 is 9.64 Å². The predicted molar refractivity (Wildman–Crippen MR) is 120 cm³/mol. The number of hydrogen-bond acceptors (Lipinski definition) is 4. The van der Waals surface area contributed by atoms with Gasteiger partial charge in [-0.15, -0.1) is 0 Å². The van der Waals surface area contributed by atoms with Crippen molar-refractivity contribution >= 4 is 11.8 Å². The van der Waals surface area contributed by atoms with Crippen molar-refractivity contribution in [2.75, 3.05) is 33.3 Å². The molecule has 0 radical (unpaired) electrons. The smallest absolute Gasteiger partial charge is 0.229 e. The van der Waals surface area contributed by atoms with Crippen LogP contribution >= 0.6 is 0 Å². The summed E-state index contributed by atoms with van der Waals surface area (Å²) >= 11 is 0. The fourth-order valence-electron chi connectivity index (χ4n) is 6.88. The van der Waals surface area contributed by atoms with Crippen LogP contribution in [0, 0.1) is 11.3 Å². The van der Waals surface area contributed by atoms with E-state index in [2.05, 4.69) is 23.1 Å². The number of likely N-dealkylation sites (tertiary alicyclic amines) is 2. The Kier molecular flexibility index (Phi) is 5.80. The van der Waals surface area contributed by atoms with Gasteiger partial charge in [0.1, 0.15) is 5.75 Å². The second-order valence-electron chi connectivity index (χ2n) is 10.4. The molecule has 0 N–H and O–H groups in total. The van der Waals surface area contributed by atoms with E-state index < -0.39 is 0 Å². The van der Waals surface area contributed by atoms with Gasteiger partial charge in [0.15, 0.2) is 0 Å². The van der Waals surface area contributed by atoms with E-state index in [9.17, 15) is 9.59 Å². The van der Waals surface area contributed by atoms with Crippen LogP contribution in [0.4, 0.5) is 0 Å². The number of carbonyl (C=O) groups is 2. The molecule has 1 saturated carbocycles. The van der Waals surface area contributed by atoms with Gasteiger partial charge in [0.25, 0.3) is 0 Å². The topological polar surface area (TPSA) is 49.9 Å². The van der Waals surface area contributed by atoms with Gasteiger partial charge >= 0.3 is 0 Å². The molecule has 2 amide bonds. The summed E-state index contributed by atoms with van der Waals surface area (Å²) in [6.07, 6.45) is 10.0. The van der Waals surface area contributed by atoms with Gasteiger partial charge in [-0.25, -0.2) is 0 Å². The van der Waals surface area contributed by atoms with Crippen molar-refractivity contribution in [3.8, 4) is 5.75 Å². The van der Waals surface area contributed by atoms with Gasteiger partial charge in [-0.05, 0) is 68.0 Å². The Bertz CT molecular complexity index is 811. The number of amides is 2. The molecular formula is C26H36N2O3. The minimum atomic E-state index is 0.00780. The van der Waals surface area contributed by atoms with Crippen LogP contribution in [0.1, 0.15) is 74.8 Å². The second-order valence-corrected chi connectivity index (χ2v) is 10.4. The first-order valence-corrected chi connectivity index (χ1v) is 12.3. The van der Waals surface area contributed by atoms with Crippen molar-refractivity contribution in [3.05, 3.63) is 29.3 Å². The molecule has 3 fully saturated rings. The molecule has 2 atom stereocenters. The van der Waals surface area contributed by atoms with Gasteiger partial charge in [-0.1, -0.05) is 25.0 Å². The molecule has 1 aromatic rings. The average molecular weight is 425 g/mol. The third-order valence-electron chi connectivity index (χ3n) is 8.47. The number of methoxy groups -OCH3 is 1. The first-order valence-electron chi connectivity index (χ1n) is 12.3. The number of piperidine rings is 1. The number of imide groups is 1. The highest BCUT2D eigenvalue weighted by Crippen LogP contribution is 2.47. The third kappa shape index (κ3) is 4.02. The molecule has 2 saturated heterocycles. The molecule has 4 aliphatic rings. The average Bonchev–Trinajstić information content (AvgIpc) is 3.38. The van der Waals surface area contributed by atoms with Crippen LogP contribution in [0.2, 0.25) is 0 Å². The molecule has 0 bridgehead atoms. The maximum absolute atomic E-state index is 12.6. The van der Waals surface area contributed by atoms with Crippen LogP contribution in [0.5, 0.6) is 5.75 Å². The first-order chi connectivity index (χ1) is 15.1. The van der Waals surface area contributed by atoms with E-state index in [-0.39, 0.29) is 17.2 Å². The third-order valence-corrected chi connectivity index (χ3v) is 8.47. The number of nitrogens with zero attached hydrogens (tertiary/aromatic N) is 2. The highest BCUT2D eigenvalue weighted by Gasteiger charge is 2.45. The van der Waals surface area contributed by atoms with Crippen LogP contribution in [0.25, 0.3) is 0 Å². The van der Waals surface area contributed by atoms with Gasteiger partial charge in [-0.2, -0.15) is 0 Å². The maximum Gasteiger partial charge on any atom is 0.229 e. The summed E-state index contributed by atoms with van der Waals surface area (Å²) in [4.78, 5) is 29.4. The lowest BCUT2D eigenvalue weighted by atomic mass is 9.76. The summed E-state index contributed by atoms with van der Waals surface area (Å²) in [6, 6.07) is 6.48. The van der Waals surface area contributed by atoms with Crippen molar-refractivity contribution in [1.82, 2.24) is 9.80 Å². The van der Waals surface area contributed by atoms with Crippen molar-refractivity contribution in [2.45, 2.75) is 70.1 Å². The number of unbranched alkanes of at least 4 members (excludes halogenated alkanes) is 1. The second kappa shape index (κ2) is 8.57. The Morgan fingerprint density at radius 3 is 2.52 bits per heavy atom. The molecule has 1 spiro atoms. The molecule has 0 unspecified atom stereocenters. The van der Waals surface area contributed by atoms with E-state index in [1.165, 1.54) is 30.4 Å². The summed E-state index contributed by atoms with van der Waals surface area (Å²) in [5, 5.41) is 0. The molecule has 0 aromatic heterocycles. The van der Waals surface area contributed by atoms with Gasteiger partial charge in [-0.3, -0.25) is 14.5 Å². The molecule has 31 heavy (non-hydrogen) atoms. The van der Waals surface area contributed by atoms with E-state index >= 15 is 0 Å². The Morgan fingerprint density at radius 2 is 1.77 bits per heavy atom. The van der Waals surface area contributed by atoms with Crippen molar-refractivity contribution in [2.24, 2.45) is 11.3 Å². The molecule has 5 heteroatoms. The van der Waals surface area contributed by atoms with E-state index in [1.54, 1.807) is 12.0 Å². The monoisotopic (exact) mass is 424 g/mol. The summed E-state index contributed by atoms with van der Waals surface area (Å²) in [7, 11) is 1.78. The van der Waals surface area contributed by atoms with Crippen molar-refractivity contribution in [1.29, 1.82) is 0 Å². The van der Waals surface area contributed by atoms with Gasteiger partial charge in [0.05, 0.1) is 7.11 Å². The SMILES string of the molecule is COc1cccc2c1[C@@H]1CN(CCCCN3C(=O)CC4(CCCC4)CC3=O)C[C@@H]1CC2. The van der Waals surface area contributed by atoms with Crippen LogP contribution in [-0.4, -0.2) is 54.9 Å². The molecular weight excluding hydrogens is 388 g/mol. The molecule has 1 aromatic carbocycles. The molecule has 168 valence electrons. The molecule has 2 heterocycles. The maximum atomic E-state index is 12.6. The summed E-state index contributed by atoms with van der Waals surface area (Å²) in [5.41, 5.74) is 2.91. The normalized spacial score (nSPS) is 27.6. The van der Waals surface area contributed by atoms with Crippen molar-refractivity contribution < 1.29 is 14.3 Å². The van der Waals surface area contributed by atoms with Crippen LogP contribution < -0.4 is 4.74 Å². The summed E-state index contributed by atoms with van der Waals surface area (Å²) < 4.78 is 5.69. The molecule has 2 aliphatic heterocycles. The summed E-state index contributed by atoms with van der Waals surface area (Å²) in [5.74, 6) is 2.50. The lowest BCUT2D eigenvalue weighted by molar-refractivity contribution is -0.153. The molecule has 5 rings (SSSR count). The Balaban J connectivity index is 1.11. The minimum Gasteiger partial charge on any atom is -0.496 e. The summed E-state index contributed by atoms with van der Waals surface area (Å²) in [6.45, 7) is 3.91. The zero-order chi connectivity index (χ0) is 21.4. The van der Waals surface area contributed by atoms with Crippen molar-refractivity contribution in [3.63, 3.8) is 0 Å². The number of hydrogen-bond donors (Lipinski definition) is 0. The quantitative estimate of drug-likeness (QED) is 0.509.